The van der Waals surface area contributed by atoms with E-state index in [1.807, 2.05) is 6.92 Å². The molecule has 1 aliphatic rings. The van der Waals surface area contributed by atoms with Crippen molar-refractivity contribution in [3.05, 3.63) is 16.1 Å². The van der Waals surface area contributed by atoms with Gasteiger partial charge in [-0.15, -0.1) is 11.3 Å². The van der Waals surface area contributed by atoms with Crippen molar-refractivity contribution in [2.75, 3.05) is 13.1 Å². The van der Waals surface area contributed by atoms with E-state index in [9.17, 15) is 0 Å². The summed E-state index contributed by atoms with van der Waals surface area (Å²) in [5.41, 5.74) is 1.09. The number of aromatic nitrogens is 1. The zero-order valence-corrected chi connectivity index (χ0v) is 8.56. The minimum absolute atomic E-state index is 0.393. The Hall–Kier alpha value is -0.450. The Balaban J connectivity index is 1.78. The molecule has 0 spiro atoms. The number of nitrogens with one attached hydrogen (secondary N) is 1. The highest BCUT2D eigenvalue weighted by atomic mass is 32.1. The van der Waals surface area contributed by atoms with E-state index in [0.29, 0.717) is 12.7 Å². The highest BCUT2D eigenvalue weighted by Crippen LogP contribution is 2.12. The van der Waals surface area contributed by atoms with Crippen LogP contribution in [0.25, 0.3) is 0 Å². The van der Waals surface area contributed by atoms with Crippen molar-refractivity contribution in [2.45, 2.75) is 26.1 Å². The maximum Gasteiger partial charge on any atom is 0.119 e. The first-order chi connectivity index (χ1) is 6.34. The molecule has 0 bridgehead atoms. The molecular weight excluding hydrogens is 184 g/mol. The Morgan fingerprint density at radius 1 is 1.77 bits per heavy atom. The van der Waals surface area contributed by atoms with Gasteiger partial charge in [0.2, 0.25) is 0 Å². The van der Waals surface area contributed by atoms with Gasteiger partial charge in [0.15, 0.2) is 0 Å². The summed E-state index contributed by atoms with van der Waals surface area (Å²) in [5.74, 6) is 0. The van der Waals surface area contributed by atoms with E-state index in [1.54, 1.807) is 11.3 Å². The molecule has 1 atom stereocenters. The maximum absolute atomic E-state index is 5.69. The SMILES string of the molecule is Cc1csc(COC2CCNC2)n1. The summed E-state index contributed by atoms with van der Waals surface area (Å²) in [7, 11) is 0. The van der Waals surface area contributed by atoms with Crippen LogP contribution in [0.3, 0.4) is 0 Å². The molecule has 1 aliphatic heterocycles. The van der Waals surface area contributed by atoms with E-state index in [1.165, 1.54) is 0 Å². The van der Waals surface area contributed by atoms with Crippen molar-refractivity contribution in [1.82, 2.24) is 10.3 Å². The predicted molar refractivity (Wildman–Crippen MR) is 52.9 cm³/mol. The summed E-state index contributed by atoms with van der Waals surface area (Å²) in [6, 6.07) is 0. The molecule has 13 heavy (non-hydrogen) atoms. The zero-order chi connectivity index (χ0) is 9.10. The highest BCUT2D eigenvalue weighted by molar-refractivity contribution is 7.09. The molecule has 4 heteroatoms. The van der Waals surface area contributed by atoms with E-state index in [-0.39, 0.29) is 0 Å². The van der Waals surface area contributed by atoms with Gasteiger partial charge in [-0.2, -0.15) is 0 Å². The molecule has 0 amide bonds. The minimum atomic E-state index is 0.393. The molecule has 1 unspecified atom stereocenters. The van der Waals surface area contributed by atoms with Crippen LogP contribution in [-0.4, -0.2) is 24.2 Å². The molecule has 3 nitrogen and oxygen atoms in total. The monoisotopic (exact) mass is 198 g/mol. The Labute approximate surface area is 82.1 Å². The summed E-state index contributed by atoms with van der Waals surface area (Å²) in [6.45, 7) is 4.76. The third-order valence-electron chi connectivity index (χ3n) is 2.12. The van der Waals surface area contributed by atoms with Gasteiger partial charge >= 0.3 is 0 Å². The van der Waals surface area contributed by atoms with Crippen LogP contribution in [0.2, 0.25) is 0 Å². The van der Waals surface area contributed by atoms with Gasteiger partial charge < -0.3 is 10.1 Å². The van der Waals surface area contributed by atoms with E-state index < -0.39 is 0 Å². The first-order valence-corrected chi connectivity index (χ1v) is 5.46. The number of aryl methyl sites for hydroxylation is 1. The molecule has 1 N–H and O–H groups in total. The van der Waals surface area contributed by atoms with Gasteiger partial charge in [0.05, 0.1) is 12.7 Å². The predicted octanol–water partition coefficient (Wildman–Crippen LogP) is 1.33. The van der Waals surface area contributed by atoms with E-state index in [4.69, 9.17) is 4.74 Å². The molecule has 1 aromatic heterocycles. The molecule has 1 fully saturated rings. The number of thiazole rings is 1. The summed E-state index contributed by atoms with van der Waals surface area (Å²) in [6.07, 6.45) is 1.52. The van der Waals surface area contributed by atoms with Gasteiger partial charge in [0.1, 0.15) is 5.01 Å². The lowest BCUT2D eigenvalue weighted by Gasteiger charge is -2.07. The second kappa shape index (κ2) is 4.17. The van der Waals surface area contributed by atoms with Crippen molar-refractivity contribution in [2.24, 2.45) is 0 Å². The summed E-state index contributed by atoms with van der Waals surface area (Å²) < 4.78 is 5.69. The molecule has 72 valence electrons. The second-order valence-electron chi connectivity index (χ2n) is 3.31. The maximum atomic E-state index is 5.69. The van der Waals surface area contributed by atoms with E-state index in [0.717, 1.165) is 30.2 Å². The molecular formula is C9H14N2OS. The first kappa shape index (κ1) is 9.12. The molecule has 0 aromatic carbocycles. The first-order valence-electron chi connectivity index (χ1n) is 4.58. The van der Waals surface area contributed by atoms with Crippen LogP contribution in [0.5, 0.6) is 0 Å². The fourth-order valence-corrected chi connectivity index (χ4v) is 2.12. The van der Waals surface area contributed by atoms with Gasteiger partial charge in [-0.25, -0.2) is 4.98 Å². The Kier molecular flexibility index (Phi) is 2.93. The Morgan fingerprint density at radius 2 is 2.69 bits per heavy atom. The summed E-state index contributed by atoms with van der Waals surface area (Å²) in [4.78, 5) is 4.34. The van der Waals surface area contributed by atoms with Crippen LogP contribution in [-0.2, 0) is 11.3 Å². The highest BCUT2D eigenvalue weighted by Gasteiger charge is 2.14. The van der Waals surface area contributed by atoms with Gasteiger partial charge in [-0.05, 0) is 19.9 Å². The fourth-order valence-electron chi connectivity index (χ4n) is 1.43. The normalized spacial score (nSPS) is 22.4. The number of rotatable bonds is 3. The van der Waals surface area contributed by atoms with Crippen LogP contribution >= 0.6 is 11.3 Å². The van der Waals surface area contributed by atoms with Crippen molar-refractivity contribution in [1.29, 1.82) is 0 Å². The van der Waals surface area contributed by atoms with Crippen molar-refractivity contribution >= 4 is 11.3 Å². The molecule has 1 saturated heterocycles. The number of hydrogen-bond donors (Lipinski definition) is 1. The molecule has 0 saturated carbocycles. The third-order valence-corrected chi connectivity index (χ3v) is 3.06. The quantitative estimate of drug-likeness (QED) is 0.795. The Morgan fingerprint density at radius 3 is 3.31 bits per heavy atom. The molecule has 0 aliphatic carbocycles. The average Bonchev–Trinajstić information content (AvgIpc) is 2.71. The number of nitrogens with zero attached hydrogens (tertiary/aromatic N) is 1. The zero-order valence-electron chi connectivity index (χ0n) is 7.75. The van der Waals surface area contributed by atoms with Gasteiger partial charge in [0.25, 0.3) is 0 Å². The molecule has 2 rings (SSSR count). The largest absolute Gasteiger partial charge is 0.370 e. The summed E-state index contributed by atoms with van der Waals surface area (Å²) >= 11 is 1.68. The van der Waals surface area contributed by atoms with Crippen LogP contribution in [0.15, 0.2) is 5.38 Å². The van der Waals surface area contributed by atoms with Crippen molar-refractivity contribution < 1.29 is 4.74 Å². The summed E-state index contributed by atoms with van der Waals surface area (Å²) in [5, 5.41) is 6.42. The standard InChI is InChI=1S/C9H14N2OS/c1-7-6-13-9(11-7)5-12-8-2-3-10-4-8/h6,8,10H,2-5H2,1H3. The van der Waals surface area contributed by atoms with E-state index in [2.05, 4.69) is 15.7 Å². The molecule has 1 aromatic rings. The lowest BCUT2D eigenvalue weighted by Crippen LogP contribution is -2.16. The lowest BCUT2D eigenvalue weighted by atomic mass is 10.3. The topological polar surface area (TPSA) is 34.1 Å². The Bertz CT molecular complexity index is 268. The minimum Gasteiger partial charge on any atom is -0.370 e. The van der Waals surface area contributed by atoms with Gasteiger partial charge in [-0.1, -0.05) is 0 Å². The van der Waals surface area contributed by atoms with E-state index >= 15 is 0 Å². The lowest BCUT2D eigenvalue weighted by molar-refractivity contribution is 0.0540. The fraction of sp³-hybridized carbons (Fsp3) is 0.667. The smallest absolute Gasteiger partial charge is 0.119 e. The van der Waals surface area contributed by atoms with Crippen LogP contribution in [0, 0.1) is 6.92 Å². The molecule has 2 heterocycles. The van der Waals surface area contributed by atoms with Crippen LogP contribution in [0.4, 0.5) is 0 Å². The number of hydrogen-bond acceptors (Lipinski definition) is 4. The van der Waals surface area contributed by atoms with Crippen molar-refractivity contribution in [3.8, 4) is 0 Å². The van der Waals surface area contributed by atoms with Crippen LogP contribution < -0.4 is 5.32 Å². The van der Waals surface area contributed by atoms with Gasteiger partial charge in [0, 0.05) is 17.6 Å². The van der Waals surface area contributed by atoms with Crippen LogP contribution in [0.1, 0.15) is 17.1 Å². The second-order valence-corrected chi connectivity index (χ2v) is 4.25. The molecule has 0 radical (unpaired) electrons. The number of ether oxygens (including phenoxy) is 1. The third kappa shape index (κ3) is 2.49. The van der Waals surface area contributed by atoms with Crippen molar-refractivity contribution in [3.63, 3.8) is 0 Å². The van der Waals surface area contributed by atoms with Gasteiger partial charge in [-0.3, -0.25) is 0 Å². The average molecular weight is 198 g/mol.